The fourth-order valence-corrected chi connectivity index (χ4v) is 4.30. The number of hydrogen-bond acceptors (Lipinski definition) is 4. The van der Waals surface area contributed by atoms with Gasteiger partial charge in [-0.3, -0.25) is 9.59 Å². The Bertz CT molecular complexity index is 1480. The lowest BCUT2D eigenvalue weighted by atomic mass is 9.99. The van der Waals surface area contributed by atoms with Gasteiger partial charge in [-0.25, -0.2) is 13.3 Å². The molecule has 4 rings (SSSR count). The largest absolute Gasteiger partial charge is 0.344 e. The molecule has 2 aromatic carbocycles. The van der Waals surface area contributed by atoms with E-state index in [1.54, 1.807) is 18.2 Å². The van der Waals surface area contributed by atoms with Crippen LogP contribution in [0.3, 0.4) is 0 Å². The quantitative estimate of drug-likeness (QED) is 0.373. The molecule has 2 aromatic heterocycles. The van der Waals surface area contributed by atoms with E-state index < -0.39 is 17.4 Å². The summed E-state index contributed by atoms with van der Waals surface area (Å²) in [5.74, 6) is -1.43. The second kappa shape index (κ2) is 10.2. The average molecular weight is 514 g/mol. The summed E-state index contributed by atoms with van der Waals surface area (Å²) in [6.45, 7) is 4.24. The molecule has 1 atom stereocenters. The summed E-state index contributed by atoms with van der Waals surface area (Å²) in [5, 5.41) is 7.41. The SMILES string of the molecule is CC(C)c1c(C(=O)NC(CN(C)C)c2ccc(F)cc2)cn2nc(-c3ccc(Cl)c(F)c3)[nH]c(=O)c12. The van der Waals surface area contributed by atoms with Crippen LogP contribution in [0.25, 0.3) is 16.9 Å². The number of carbonyl (C=O) groups is 1. The molecule has 0 bridgehead atoms. The number of carbonyl (C=O) groups excluding carboxylic acids is 1. The van der Waals surface area contributed by atoms with E-state index in [1.807, 2.05) is 32.8 Å². The molecular formula is C26H26ClF2N5O2. The van der Waals surface area contributed by atoms with Crippen LogP contribution in [0, 0.1) is 11.6 Å². The molecule has 0 spiro atoms. The van der Waals surface area contributed by atoms with E-state index in [9.17, 15) is 18.4 Å². The summed E-state index contributed by atoms with van der Waals surface area (Å²) in [4.78, 5) is 31.2. The van der Waals surface area contributed by atoms with Crippen LogP contribution in [-0.4, -0.2) is 46.0 Å². The van der Waals surface area contributed by atoms with Crippen LogP contribution in [0.2, 0.25) is 5.02 Å². The Morgan fingerprint density at radius 1 is 1.17 bits per heavy atom. The summed E-state index contributed by atoms with van der Waals surface area (Å²) in [6, 6.07) is 9.65. The zero-order valence-electron chi connectivity index (χ0n) is 20.3. The Morgan fingerprint density at radius 2 is 1.86 bits per heavy atom. The molecule has 10 heteroatoms. The summed E-state index contributed by atoms with van der Waals surface area (Å²) in [6.07, 6.45) is 1.50. The topological polar surface area (TPSA) is 82.5 Å². The number of nitrogens with zero attached hydrogens (tertiary/aromatic N) is 3. The van der Waals surface area contributed by atoms with Gasteiger partial charge in [0.1, 0.15) is 17.2 Å². The van der Waals surface area contributed by atoms with Crippen LogP contribution in [0.15, 0.2) is 53.5 Å². The van der Waals surface area contributed by atoms with E-state index in [2.05, 4.69) is 15.4 Å². The van der Waals surface area contributed by atoms with Gasteiger partial charge in [0, 0.05) is 23.9 Å². The highest BCUT2D eigenvalue weighted by Crippen LogP contribution is 2.27. The first-order chi connectivity index (χ1) is 17.0. The van der Waals surface area contributed by atoms with Gasteiger partial charge >= 0.3 is 0 Å². The van der Waals surface area contributed by atoms with Crippen molar-refractivity contribution in [1.29, 1.82) is 0 Å². The number of aromatic nitrogens is 3. The predicted molar refractivity (Wildman–Crippen MR) is 135 cm³/mol. The molecule has 0 aliphatic heterocycles. The smallest absolute Gasteiger partial charge is 0.275 e. The van der Waals surface area contributed by atoms with Gasteiger partial charge < -0.3 is 15.2 Å². The van der Waals surface area contributed by atoms with Crippen LogP contribution >= 0.6 is 11.6 Å². The zero-order valence-corrected chi connectivity index (χ0v) is 21.0. The van der Waals surface area contributed by atoms with Crippen LogP contribution in [0.5, 0.6) is 0 Å². The number of hydrogen-bond donors (Lipinski definition) is 2. The van der Waals surface area contributed by atoms with Gasteiger partial charge in [-0.15, -0.1) is 5.10 Å². The second-order valence-corrected chi connectivity index (χ2v) is 9.58. The Hall–Kier alpha value is -3.56. The van der Waals surface area contributed by atoms with Crippen LogP contribution < -0.4 is 10.9 Å². The van der Waals surface area contributed by atoms with Gasteiger partial charge in [-0.1, -0.05) is 37.6 Å². The molecule has 2 heterocycles. The lowest BCUT2D eigenvalue weighted by Crippen LogP contribution is -2.35. The predicted octanol–water partition coefficient (Wildman–Crippen LogP) is 4.78. The Labute approximate surface area is 211 Å². The summed E-state index contributed by atoms with van der Waals surface area (Å²) in [7, 11) is 3.75. The highest BCUT2D eigenvalue weighted by molar-refractivity contribution is 6.30. The molecule has 1 amide bonds. The first kappa shape index (κ1) is 25.5. The van der Waals surface area contributed by atoms with Gasteiger partial charge in [0.15, 0.2) is 5.82 Å². The fraction of sp³-hybridized carbons (Fsp3) is 0.269. The van der Waals surface area contributed by atoms with Crippen molar-refractivity contribution in [1.82, 2.24) is 24.8 Å². The number of benzene rings is 2. The third kappa shape index (κ3) is 5.17. The average Bonchev–Trinajstić information content (AvgIpc) is 3.21. The van der Waals surface area contributed by atoms with E-state index in [0.29, 0.717) is 23.2 Å². The monoisotopic (exact) mass is 513 g/mol. The molecule has 0 saturated carbocycles. The molecule has 188 valence electrons. The number of amides is 1. The molecule has 7 nitrogen and oxygen atoms in total. The standard InChI is InChI=1S/C26H26ClF2N5O2/c1-14(2)22-18(25(35)30-21(13-33(3)4)15-5-8-17(28)9-6-15)12-34-23(22)26(36)31-24(32-34)16-7-10-19(27)20(29)11-16/h5-12,14,21H,13H2,1-4H3,(H,30,35)(H,31,32,36). The van der Waals surface area contributed by atoms with E-state index in [0.717, 1.165) is 5.56 Å². The van der Waals surface area contributed by atoms with Crippen LogP contribution in [0.4, 0.5) is 8.78 Å². The maximum absolute atomic E-state index is 14.0. The minimum Gasteiger partial charge on any atom is -0.344 e. The van der Waals surface area contributed by atoms with Gasteiger partial charge in [0.2, 0.25) is 0 Å². The van der Waals surface area contributed by atoms with Crippen molar-refractivity contribution in [3.8, 4) is 11.4 Å². The minimum atomic E-state index is -0.639. The summed E-state index contributed by atoms with van der Waals surface area (Å²) >= 11 is 5.77. The molecular weight excluding hydrogens is 488 g/mol. The van der Waals surface area contributed by atoms with Crippen molar-refractivity contribution in [2.75, 3.05) is 20.6 Å². The molecule has 1 unspecified atom stereocenters. The lowest BCUT2D eigenvalue weighted by Gasteiger charge is -2.23. The molecule has 0 aliphatic rings. The van der Waals surface area contributed by atoms with E-state index in [4.69, 9.17) is 11.6 Å². The van der Waals surface area contributed by atoms with Crippen molar-refractivity contribution in [3.63, 3.8) is 0 Å². The van der Waals surface area contributed by atoms with Crippen molar-refractivity contribution in [2.45, 2.75) is 25.8 Å². The number of nitrogens with one attached hydrogen (secondary N) is 2. The van der Waals surface area contributed by atoms with Gasteiger partial charge in [-0.2, -0.15) is 0 Å². The van der Waals surface area contributed by atoms with Crippen molar-refractivity contribution in [3.05, 3.63) is 92.4 Å². The number of aromatic amines is 1. The molecule has 4 aromatic rings. The van der Waals surface area contributed by atoms with Crippen LogP contribution in [-0.2, 0) is 0 Å². The lowest BCUT2D eigenvalue weighted by molar-refractivity contribution is 0.0928. The summed E-state index contributed by atoms with van der Waals surface area (Å²) < 4.78 is 28.8. The zero-order chi connectivity index (χ0) is 26.1. The third-order valence-electron chi connectivity index (χ3n) is 5.82. The molecule has 0 radical (unpaired) electrons. The van der Waals surface area contributed by atoms with Crippen molar-refractivity contribution >= 4 is 23.0 Å². The van der Waals surface area contributed by atoms with Gasteiger partial charge in [-0.05, 0) is 55.9 Å². The van der Waals surface area contributed by atoms with E-state index in [-0.39, 0.29) is 34.0 Å². The second-order valence-electron chi connectivity index (χ2n) is 9.18. The normalized spacial score (nSPS) is 12.5. The maximum Gasteiger partial charge on any atom is 0.275 e. The molecule has 0 fully saturated rings. The maximum atomic E-state index is 14.0. The Balaban J connectivity index is 1.77. The van der Waals surface area contributed by atoms with Gasteiger partial charge in [0.25, 0.3) is 11.5 Å². The highest BCUT2D eigenvalue weighted by atomic mass is 35.5. The minimum absolute atomic E-state index is 0.0439. The first-order valence-corrected chi connectivity index (χ1v) is 11.7. The van der Waals surface area contributed by atoms with Crippen molar-refractivity contribution < 1.29 is 13.6 Å². The number of halogens is 3. The van der Waals surface area contributed by atoms with E-state index >= 15 is 0 Å². The fourth-order valence-electron chi connectivity index (χ4n) is 4.18. The number of rotatable bonds is 7. The molecule has 0 aliphatic carbocycles. The highest BCUT2D eigenvalue weighted by Gasteiger charge is 2.25. The Morgan fingerprint density at radius 3 is 2.47 bits per heavy atom. The summed E-state index contributed by atoms with van der Waals surface area (Å²) in [5.41, 5.74) is 1.70. The molecule has 2 N–H and O–H groups in total. The van der Waals surface area contributed by atoms with Crippen molar-refractivity contribution in [2.24, 2.45) is 0 Å². The number of likely N-dealkylation sites (N-methyl/N-ethyl adjacent to an activating group) is 1. The first-order valence-electron chi connectivity index (χ1n) is 11.4. The van der Waals surface area contributed by atoms with Crippen LogP contribution in [0.1, 0.15) is 47.3 Å². The number of fused-ring (bicyclic) bond motifs is 1. The molecule has 0 saturated heterocycles. The van der Waals surface area contributed by atoms with E-state index in [1.165, 1.54) is 35.0 Å². The third-order valence-corrected chi connectivity index (χ3v) is 6.13. The Kier molecular flexibility index (Phi) is 7.23. The van der Waals surface area contributed by atoms with Gasteiger partial charge in [0.05, 0.1) is 16.6 Å². The number of H-pyrrole nitrogens is 1. The molecule has 36 heavy (non-hydrogen) atoms.